The Morgan fingerprint density at radius 3 is 1.33 bits per heavy atom. The standard InChI is InChI=1S/C61H107N2O6P/c1-6-8-10-12-14-16-18-20-22-24-25-26-27-28-29-30-31-32-33-34-35-36-37-39-41-43-45-47-49-51-53-55-61(65)62-59(58-69-70(66,67)68-57-56-63(3,4)5)60(64)54-52-50-48-46-44-42-40-38-23-21-19-17-15-13-11-9-7-2/h8,10,14,16,20,22,25-26,28-29,31-32,34-35,44,46,52,54,59-60,64H,6-7,9,11-13,15,17-19,21,23-24,27,30,33,36-43,45,47-51,53,55-58H2,1-5H3,(H-,62,65,66,67)/b10-8-,16-14-,22-20-,26-25-,29-28-,32-31-,35-34-,46-44+,54-52+. The molecule has 0 aliphatic heterocycles. The third-order valence-corrected chi connectivity index (χ3v) is 12.9. The molecule has 0 radical (unpaired) electrons. The van der Waals surface area contributed by atoms with Crippen LogP contribution in [0.3, 0.4) is 0 Å². The lowest BCUT2D eigenvalue weighted by Crippen LogP contribution is -2.45. The first-order valence-electron chi connectivity index (χ1n) is 28.2. The van der Waals surface area contributed by atoms with Gasteiger partial charge < -0.3 is 28.8 Å². The van der Waals surface area contributed by atoms with Crippen LogP contribution in [0.4, 0.5) is 0 Å². The van der Waals surface area contributed by atoms with Crippen molar-refractivity contribution in [2.75, 3.05) is 40.9 Å². The molecule has 0 saturated carbocycles. The number of carbonyl (C=O) groups excluding carboxylic acids is 1. The third kappa shape index (κ3) is 53.0. The van der Waals surface area contributed by atoms with E-state index in [0.717, 1.165) is 96.3 Å². The molecule has 8 nitrogen and oxygen atoms in total. The molecular weight excluding hydrogens is 888 g/mol. The highest BCUT2D eigenvalue weighted by Gasteiger charge is 2.23. The van der Waals surface area contributed by atoms with Crippen LogP contribution in [0, 0.1) is 0 Å². The predicted molar refractivity (Wildman–Crippen MR) is 302 cm³/mol. The molecule has 0 aromatic carbocycles. The van der Waals surface area contributed by atoms with Gasteiger partial charge in [0.25, 0.3) is 7.82 Å². The molecule has 2 N–H and O–H groups in total. The van der Waals surface area contributed by atoms with Crippen molar-refractivity contribution >= 4 is 13.7 Å². The summed E-state index contributed by atoms with van der Waals surface area (Å²) in [4.78, 5) is 25.5. The molecule has 0 bridgehead atoms. The van der Waals surface area contributed by atoms with Gasteiger partial charge in [-0.05, 0) is 89.9 Å². The molecule has 70 heavy (non-hydrogen) atoms. The van der Waals surface area contributed by atoms with E-state index in [4.69, 9.17) is 9.05 Å². The van der Waals surface area contributed by atoms with Crippen molar-refractivity contribution in [3.05, 3.63) is 109 Å². The zero-order valence-corrected chi connectivity index (χ0v) is 46.6. The smallest absolute Gasteiger partial charge is 0.268 e. The number of phosphoric acid groups is 1. The Balaban J connectivity index is 4.26. The van der Waals surface area contributed by atoms with Crippen molar-refractivity contribution in [2.45, 2.75) is 231 Å². The normalized spacial score (nSPS) is 14.8. The van der Waals surface area contributed by atoms with Crippen LogP contribution in [0.15, 0.2) is 109 Å². The number of phosphoric ester groups is 1. The molecule has 0 aromatic heterocycles. The summed E-state index contributed by atoms with van der Waals surface area (Å²) in [6, 6.07) is -0.914. The van der Waals surface area contributed by atoms with Gasteiger partial charge in [0, 0.05) is 6.42 Å². The van der Waals surface area contributed by atoms with E-state index in [-0.39, 0.29) is 12.5 Å². The zero-order chi connectivity index (χ0) is 51.3. The second kappa shape index (κ2) is 51.1. The van der Waals surface area contributed by atoms with Gasteiger partial charge in [-0.25, -0.2) is 0 Å². The average Bonchev–Trinajstić information content (AvgIpc) is 3.32. The number of aliphatic hydroxyl groups is 1. The minimum absolute atomic E-state index is 0.0129. The zero-order valence-electron chi connectivity index (χ0n) is 45.7. The number of allylic oxidation sites excluding steroid dienone is 17. The Kier molecular flexibility index (Phi) is 49.0. The van der Waals surface area contributed by atoms with E-state index in [1.807, 2.05) is 27.2 Å². The molecule has 0 fully saturated rings. The Hall–Kier alpha value is -2.84. The number of quaternary nitrogens is 1. The Morgan fingerprint density at radius 2 is 0.886 bits per heavy atom. The van der Waals surface area contributed by atoms with Crippen molar-refractivity contribution < 1.29 is 32.9 Å². The third-order valence-electron chi connectivity index (χ3n) is 12.0. The van der Waals surface area contributed by atoms with Crippen molar-refractivity contribution in [1.29, 1.82) is 0 Å². The Morgan fingerprint density at radius 1 is 0.514 bits per heavy atom. The maximum absolute atomic E-state index is 13.0. The number of nitrogens with one attached hydrogen (secondary N) is 1. The highest BCUT2D eigenvalue weighted by atomic mass is 31.2. The Labute approximate surface area is 431 Å². The monoisotopic (exact) mass is 995 g/mol. The summed E-state index contributed by atoms with van der Waals surface area (Å²) < 4.78 is 23.3. The molecule has 0 aliphatic rings. The summed E-state index contributed by atoms with van der Waals surface area (Å²) in [6.07, 6.45) is 74.4. The van der Waals surface area contributed by atoms with E-state index in [1.54, 1.807) is 6.08 Å². The summed E-state index contributed by atoms with van der Waals surface area (Å²) in [5.74, 6) is -0.218. The summed E-state index contributed by atoms with van der Waals surface area (Å²) in [5.41, 5.74) is 0. The number of nitrogens with zero attached hydrogens (tertiary/aromatic N) is 1. The van der Waals surface area contributed by atoms with Crippen molar-refractivity contribution in [3.63, 3.8) is 0 Å². The largest absolute Gasteiger partial charge is 0.756 e. The summed E-state index contributed by atoms with van der Waals surface area (Å²) in [7, 11) is 1.23. The van der Waals surface area contributed by atoms with E-state index < -0.39 is 26.6 Å². The minimum atomic E-state index is -4.61. The number of amides is 1. The van der Waals surface area contributed by atoms with Gasteiger partial charge in [0.1, 0.15) is 13.2 Å². The van der Waals surface area contributed by atoms with Crippen LogP contribution < -0.4 is 10.2 Å². The molecule has 402 valence electrons. The van der Waals surface area contributed by atoms with Gasteiger partial charge in [0.15, 0.2) is 0 Å². The van der Waals surface area contributed by atoms with Crippen LogP contribution in [-0.4, -0.2) is 68.5 Å². The number of hydrogen-bond donors (Lipinski definition) is 2. The SMILES string of the molecule is CC/C=C\C/C=C\C/C=C\C/C=C\C/C=C\C/C=C\C/C=C\CCCCCCCCCCCC(=O)NC(COP(=O)([O-])OCC[N+](C)(C)C)C(O)/C=C/CC/C=C/CCCCCCCCCCCCC. The first-order valence-corrected chi connectivity index (χ1v) is 29.7. The van der Waals surface area contributed by atoms with Crippen LogP contribution in [0.2, 0.25) is 0 Å². The molecule has 1 amide bonds. The van der Waals surface area contributed by atoms with Gasteiger partial charge in [-0.3, -0.25) is 9.36 Å². The lowest BCUT2D eigenvalue weighted by atomic mass is 10.0. The van der Waals surface area contributed by atoms with Gasteiger partial charge in [-0.1, -0.05) is 232 Å². The summed E-state index contributed by atoms with van der Waals surface area (Å²) >= 11 is 0. The first-order chi connectivity index (χ1) is 34.0. The lowest BCUT2D eigenvalue weighted by Gasteiger charge is -2.29. The molecule has 0 aliphatic carbocycles. The number of rotatable bonds is 50. The van der Waals surface area contributed by atoms with Crippen LogP contribution in [0.1, 0.15) is 219 Å². The van der Waals surface area contributed by atoms with Crippen molar-refractivity contribution in [2.24, 2.45) is 0 Å². The van der Waals surface area contributed by atoms with Crippen LogP contribution in [0.5, 0.6) is 0 Å². The van der Waals surface area contributed by atoms with Crippen LogP contribution >= 0.6 is 7.82 Å². The quantitative estimate of drug-likeness (QED) is 0.0272. The van der Waals surface area contributed by atoms with E-state index >= 15 is 0 Å². The fourth-order valence-electron chi connectivity index (χ4n) is 7.56. The molecule has 9 heteroatoms. The number of unbranched alkanes of at least 4 members (excludes halogenated alkanes) is 21. The number of likely N-dealkylation sites (N-methyl/N-ethyl adjacent to an activating group) is 1. The predicted octanol–water partition coefficient (Wildman–Crippen LogP) is 16.6. The van der Waals surface area contributed by atoms with Gasteiger partial charge >= 0.3 is 0 Å². The number of hydrogen-bond acceptors (Lipinski definition) is 6. The van der Waals surface area contributed by atoms with Crippen molar-refractivity contribution in [1.82, 2.24) is 5.32 Å². The number of carbonyl (C=O) groups is 1. The fraction of sp³-hybridized carbons (Fsp3) is 0.689. The molecule has 3 unspecified atom stereocenters. The van der Waals surface area contributed by atoms with Gasteiger partial charge in [0.2, 0.25) is 5.91 Å². The maximum Gasteiger partial charge on any atom is 0.268 e. The van der Waals surface area contributed by atoms with Crippen molar-refractivity contribution in [3.8, 4) is 0 Å². The highest BCUT2D eigenvalue weighted by Crippen LogP contribution is 2.38. The topological polar surface area (TPSA) is 108 Å². The molecule has 0 aromatic rings. The van der Waals surface area contributed by atoms with Crippen LogP contribution in [0.25, 0.3) is 0 Å². The second-order valence-electron chi connectivity index (χ2n) is 19.9. The second-order valence-corrected chi connectivity index (χ2v) is 21.3. The number of aliphatic hydroxyl groups excluding tert-OH is 1. The van der Waals surface area contributed by atoms with E-state index in [2.05, 4.69) is 116 Å². The molecular formula is C61H107N2O6P. The van der Waals surface area contributed by atoms with Gasteiger partial charge in [-0.2, -0.15) is 0 Å². The highest BCUT2D eigenvalue weighted by molar-refractivity contribution is 7.45. The van der Waals surface area contributed by atoms with E-state index in [1.165, 1.54) is 103 Å². The Bertz CT molecular complexity index is 1500. The van der Waals surface area contributed by atoms with Gasteiger partial charge in [0.05, 0.1) is 39.9 Å². The average molecular weight is 996 g/mol. The molecule has 3 atom stereocenters. The van der Waals surface area contributed by atoms with Gasteiger partial charge in [-0.15, -0.1) is 0 Å². The first kappa shape index (κ1) is 67.2. The summed E-state index contributed by atoms with van der Waals surface area (Å²) in [6.45, 7) is 4.50. The lowest BCUT2D eigenvalue weighted by molar-refractivity contribution is -0.870. The minimum Gasteiger partial charge on any atom is -0.756 e. The van der Waals surface area contributed by atoms with Crippen LogP contribution in [-0.2, 0) is 18.4 Å². The molecule has 0 spiro atoms. The molecule has 0 saturated heterocycles. The summed E-state index contributed by atoms with van der Waals surface area (Å²) in [5, 5.41) is 13.8. The fourth-order valence-corrected chi connectivity index (χ4v) is 8.28. The van der Waals surface area contributed by atoms with E-state index in [9.17, 15) is 19.4 Å². The van der Waals surface area contributed by atoms with E-state index in [0.29, 0.717) is 17.4 Å². The molecule has 0 rings (SSSR count). The maximum atomic E-state index is 13.0. The molecule has 0 heterocycles.